The van der Waals surface area contributed by atoms with E-state index < -0.39 is 11.8 Å². The molecule has 0 amide bonds. The van der Waals surface area contributed by atoms with Crippen LogP contribution in [0.15, 0.2) is 0 Å². The van der Waals surface area contributed by atoms with Gasteiger partial charge in [0.1, 0.15) is 0 Å². The number of carbonyl (C=O) groups is 1. The molecule has 0 heterocycles. The predicted octanol–water partition coefficient (Wildman–Crippen LogP) is -0.515. The Labute approximate surface area is 47.1 Å². The number of hydrogen-bond acceptors (Lipinski definition) is 3. The summed E-state index contributed by atoms with van der Waals surface area (Å²) in [5.41, 5.74) is 4.73. The Morgan fingerprint density at radius 3 is 2.50 bits per heavy atom. The summed E-state index contributed by atoms with van der Waals surface area (Å²) >= 11 is 0. The molecular weight excluding hydrogens is 108 g/mol. The van der Waals surface area contributed by atoms with Gasteiger partial charge in [-0.2, -0.15) is 0 Å². The molecule has 0 aliphatic heterocycles. The lowest BCUT2D eigenvalue weighted by Crippen LogP contribution is -2.24. The van der Waals surface area contributed by atoms with Crippen molar-refractivity contribution in [1.82, 2.24) is 0 Å². The first-order valence-corrected chi connectivity index (χ1v) is 2.19. The minimum Gasteiger partial charge on any atom is -0.460 e. The topological polar surface area (TPSA) is 76.2 Å². The van der Waals surface area contributed by atoms with Crippen LogP contribution in [0, 0.1) is 5.41 Å². The molecule has 0 bridgehead atoms. The van der Waals surface area contributed by atoms with E-state index in [2.05, 4.69) is 4.74 Å². The third kappa shape index (κ3) is 2.17. The fourth-order valence-corrected chi connectivity index (χ4v) is 0.209. The van der Waals surface area contributed by atoms with Crippen LogP contribution in [0.25, 0.3) is 0 Å². The van der Waals surface area contributed by atoms with E-state index >= 15 is 0 Å². The van der Waals surface area contributed by atoms with Crippen LogP contribution in [0.5, 0.6) is 0 Å². The number of nitrogens with two attached hydrogens (primary N) is 1. The van der Waals surface area contributed by atoms with Crippen LogP contribution in [0.2, 0.25) is 0 Å². The van der Waals surface area contributed by atoms with Crippen molar-refractivity contribution in [3.8, 4) is 0 Å². The summed E-state index contributed by atoms with van der Waals surface area (Å²) in [6, 6.07) is 0. The highest BCUT2D eigenvalue weighted by Crippen LogP contribution is 1.73. The predicted molar refractivity (Wildman–Crippen MR) is 28.5 cm³/mol. The van der Waals surface area contributed by atoms with Crippen LogP contribution in [0.4, 0.5) is 0 Å². The van der Waals surface area contributed by atoms with E-state index in [9.17, 15) is 4.79 Å². The third-order valence-electron chi connectivity index (χ3n) is 0.495. The van der Waals surface area contributed by atoms with Crippen molar-refractivity contribution >= 4 is 11.8 Å². The quantitative estimate of drug-likeness (QED) is 0.275. The van der Waals surface area contributed by atoms with Gasteiger partial charge in [-0.3, -0.25) is 5.41 Å². The molecule has 4 heteroatoms. The Morgan fingerprint density at radius 1 is 1.88 bits per heavy atom. The number of amidine groups is 1. The molecule has 8 heavy (non-hydrogen) atoms. The lowest BCUT2D eigenvalue weighted by atomic mass is 10.6. The zero-order valence-electron chi connectivity index (χ0n) is 4.60. The zero-order valence-corrected chi connectivity index (χ0v) is 4.60. The van der Waals surface area contributed by atoms with Crippen LogP contribution < -0.4 is 5.73 Å². The van der Waals surface area contributed by atoms with E-state index in [0.29, 0.717) is 0 Å². The van der Waals surface area contributed by atoms with Gasteiger partial charge in [0.05, 0.1) is 6.61 Å². The zero-order chi connectivity index (χ0) is 6.57. The average molecular weight is 116 g/mol. The Hall–Kier alpha value is -1.06. The molecule has 0 radical (unpaired) electrons. The molecule has 0 rings (SSSR count). The van der Waals surface area contributed by atoms with Gasteiger partial charge in [0, 0.05) is 0 Å². The third-order valence-corrected chi connectivity index (χ3v) is 0.495. The molecule has 3 N–H and O–H groups in total. The van der Waals surface area contributed by atoms with Crippen molar-refractivity contribution in [3.63, 3.8) is 0 Å². The first-order chi connectivity index (χ1) is 3.68. The molecule has 0 saturated heterocycles. The summed E-state index contributed by atoms with van der Waals surface area (Å²) in [6.07, 6.45) is 0. The van der Waals surface area contributed by atoms with E-state index in [0.717, 1.165) is 0 Å². The van der Waals surface area contributed by atoms with Gasteiger partial charge in [0.15, 0.2) is 0 Å². The molecule has 0 aromatic heterocycles. The van der Waals surface area contributed by atoms with Gasteiger partial charge in [0.25, 0.3) is 0 Å². The lowest BCUT2D eigenvalue weighted by molar-refractivity contribution is -0.135. The molecule has 0 aliphatic carbocycles. The van der Waals surface area contributed by atoms with Crippen molar-refractivity contribution in [1.29, 1.82) is 5.41 Å². The lowest BCUT2D eigenvalue weighted by Gasteiger charge is -1.95. The number of ether oxygens (including phenoxy) is 1. The first kappa shape index (κ1) is 6.94. The van der Waals surface area contributed by atoms with Crippen molar-refractivity contribution < 1.29 is 9.53 Å². The summed E-state index contributed by atoms with van der Waals surface area (Å²) in [7, 11) is 0. The summed E-state index contributed by atoms with van der Waals surface area (Å²) < 4.78 is 4.31. The maximum atomic E-state index is 10.2. The van der Waals surface area contributed by atoms with Gasteiger partial charge >= 0.3 is 5.97 Å². The van der Waals surface area contributed by atoms with E-state index in [1.54, 1.807) is 6.92 Å². The SMILES string of the molecule is CCOC(=O)C(=N)N. The van der Waals surface area contributed by atoms with Crippen LogP contribution in [-0.4, -0.2) is 18.4 Å². The minimum atomic E-state index is -0.757. The summed E-state index contributed by atoms with van der Waals surface area (Å²) in [6.45, 7) is 1.92. The molecule has 0 spiro atoms. The van der Waals surface area contributed by atoms with E-state index in [-0.39, 0.29) is 6.61 Å². The van der Waals surface area contributed by atoms with Crippen molar-refractivity contribution in [2.24, 2.45) is 5.73 Å². The molecule has 0 unspecified atom stereocenters. The summed E-state index contributed by atoms with van der Waals surface area (Å²) in [5.74, 6) is -1.31. The minimum absolute atomic E-state index is 0.262. The molecule has 0 aromatic carbocycles. The van der Waals surface area contributed by atoms with E-state index in [4.69, 9.17) is 11.1 Å². The smallest absolute Gasteiger partial charge is 0.373 e. The van der Waals surface area contributed by atoms with Crippen LogP contribution >= 0.6 is 0 Å². The first-order valence-electron chi connectivity index (χ1n) is 2.19. The van der Waals surface area contributed by atoms with Crippen LogP contribution in [0.1, 0.15) is 6.92 Å². The number of carbonyl (C=O) groups excluding carboxylic acids is 1. The standard InChI is InChI=1S/C4H8N2O2/c1-2-8-4(7)3(5)6/h2H2,1H3,(H3,5,6). The second-order valence-electron chi connectivity index (χ2n) is 1.13. The van der Waals surface area contributed by atoms with E-state index in [1.165, 1.54) is 0 Å². The second kappa shape index (κ2) is 3.01. The Morgan fingerprint density at radius 2 is 2.38 bits per heavy atom. The molecule has 0 aromatic rings. The van der Waals surface area contributed by atoms with Gasteiger partial charge in [-0.15, -0.1) is 0 Å². The van der Waals surface area contributed by atoms with Crippen LogP contribution in [0.3, 0.4) is 0 Å². The monoisotopic (exact) mass is 116 g/mol. The summed E-state index contributed by atoms with van der Waals surface area (Å²) in [5, 5.41) is 6.51. The highest BCUT2D eigenvalue weighted by molar-refractivity contribution is 6.33. The van der Waals surface area contributed by atoms with Crippen molar-refractivity contribution in [2.45, 2.75) is 6.92 Å². The number of nitrogens with one attached hydrogen (secondary N) is 1. The Kier molecular flexibility index (Phi) is 2.61. The number of rotatable bonds is 1. The van der Waals surface area contributed by atoms with Crippen molar-refractivity contribution in [2.75, 3.05) is 6.61 Å². The Balaban J connectivity index is 3.49. The largest absolute Gasteiger partial charge is 0.460 e. The van der Waals surface area contributed by atoms with Gasteiger partial charge in [0.2, 0.25) is 5.84 Å². The maximum Gasteiger partial charge on any atom is 0.373 e. The highest BCUT2D eigenvalue weighted by atomic mass is 16.5. The number of esters is 1. The molecule has 0 fully saturated rings. The highest BCUT2D eigenvalue weighted by Gasteiger charge is 2.01. The molecule has 0 saturated carbocycles. The van der Waals surface area contributed by atoms with Crippen LogP contribution in [-0.2, 0) is 9.53 Å². The van der Waals surface area contributed by atoms with Gasteiger partial charge in [-0.1, -0.05) is 0 Å². The molecule has 0 atom stereocenters. The molecule has 4 nitrogen and oxygen atoms in total. The van der Waals surface area contributed by atoms with Gasteiger partial charge < -0.3 is 10.5 Å². The molecular formula is C4H8N2O2. The fourth-order valence-electron chi connectivity index (χ4n) is 0.209. The second-order valence-corrected chi connectivity index (χ2v) is 1.13. The van der Waals surface area contributed by atoms with Gasteiger partial charge in [-0.05, 0) is 6.92 Å². The Bertz CT molecular complexity index is 111. The van der Waals surface area contributed by atoms with Gasteiger partial charge in [-0.25, -0.2) is 4.79 Å². The fraction of sp³-hybridized carbons (Fsp3) is 0.500. The molecule has 46 valence electrons. The van der Waals surface area contributed by atoms with E-state index in [1.807, 2.05) is 0 Å². The maximum absolute atomic E-state index is 10.2. The molecule has 0 aliphatic rings. The normalized spacial score (nSPS) is 8.12. The van der Waals surface area contributed by atoms with Crippen molar-refractivity contribution in [3.05, 3.63) is 0 Å². The number of hydrogen-bond donors (Lipinski definition) is 2. The average Bonchev–Trinajstić information content (AvgIpc) is 1.67. The summed E-state index contributed by atoms with van der Waals surface area (Å²) in [4.78, 5) is 10.2.